The molecule has 1 aliphatic heterocycles. The van der Waals surface area contributed by atoms with Crippen LogP contribution in [0.2, 0.25) is 0 Å². The van der Waals surface area contributed by atoms with Crippen molar-refractivity contribution in [1.82, 2.24) is 29.6 Å². The Hall–Kier alpha value is -4.39. The van der Waals surface area contributed by atoms with E-state index in [0.717, 1.165) is 28.8 Å². The van der Waals surface area contributed by atoms with Gasteiger partial charge >= 0.3 is 0 Å². The van der Waals surface area contributed by atoms with E-state index in [9.17, 15) is 14.4 Å². The zero-order valence-corrected chi connectivity index (χ0v) is 22.7. The van der Waals surface area contributed by atoms with E-state index >= 15 is 0 Å². The smallest absolute Gasteiger partial charge is 0.226 e. The van der Waals surface area contributed by atoms with E-state index in [4.69, 9.17) is 4.98 Å². The molecule has 3 aliphatic rings. The summed E-state index contributed by atoms with van der Waals surface area (Å²) < 4.78 is 15.9. The molecule has 3 atom stereocenters. The molecular formula is C30H29FN8O. The maximum absolute atomic E-state index is 14.3. The molecule has 0 N–H and O–H groups in total. The van der Waals surface area contributed by atoms with E-state index in [0.29, 0.717) is 46.9 Å². The molecule has 1 spiro atoms. The van der Waals surface area contributed by atoms with Gasteiger partial charge in [0.15, 0.2) is 0 Å². The van der Waals surface area contributed by atoms with E-state index < -0.39 is 5.82 Å². The highest BCUT2D eigenvalue weighted by Gasteiger charge is 2.66. The lowest BCUT2D eigenvalue weighted by Gasteiger charge is -2.45. The molecule has 9 nitrogen and oxygen atoms in total. The van der Waals surface area contributed by atoms with E-state index in [-0.39, 0.29) is 18.0 Å². The van der Waals surface area contributed by atoms with E-state index in [1.165, 1.54) is 25.1 Å². The van der Waals surface area contributed by atoms with Crippen molar-refractivity contribution in [3.8, 4) is 28.5 Å². The molecule has 2 saturated carbocycles. The van der Waals surface area contributed by atoms with Crippen LogP contribution in [0.4, 0.5) is 10.2 Å². The molecule has 1 aromatic carbocycles. The highest BCUT2D eigenvalue weighted by atomic mass is 19.1. The standard InChI is InChI=1S/C30H29FN8O/c1-17-15-39(29(40)24-10-30(24)6-7-30)18(2)14-38(17)28-26-22(19-8-20(31)13-33-12-19)4-5-23(27(26)34-16-35-28)25-9-21(11-32)37(3)36-25/h4-5,8-9,12-13,16-18,24H,6-7,10,14-15H2,1-3H3/t17-,18+,24+/m0/s1. The molecule has 3 aromatic heterocycles. The SMILES string of the molecule is C[C@@H]1CN(c2ncnc3c(-c4cc(C#N)n(C)n4)ccc(-c4cncc(F)c4)c23)[C@@H](C)CN1C(=O)[C@H]1CC12CC2. The van der Waals surface area contributed by atoms with E-state index in [1.807, 2.05) is 12.1 Å². The second kappa shape index (κ2) is 8.81. The normalized spacial score (nSPS) is 22.9. The predicted molar refractivity (Wildman–Crippen MR) is 147 cm³/mol. The van der Waals surface area contributed by atoms with Crippen LogP contribution >= 0.6 is 0 Å². The van der Waals surface area contributed by atoms with Gasteiger partial charge in [-0.15, -0.1) is 0 Å². The summed E-state index contributed by atoms with van der Waals surface area (Å²) in [5.74, 6) is 0.777. The Bertz CT molecular complexity index is 1720. The predicted octanol–water partition coefficient (Wildman–Crippen LogP) is 4.33. The number of halogens is 1. The van der Waals surface area contributed by atoms with Crippen molar-refractivity contribution in [2.24, 2.45) is 18.4 Å². The van der Waals surface area contributed by atoms with Crippen LogP contribution in [0, 0.1) is 28.5 Å². The maximum Gasteiger partial charge on any atom is 0.226 e. The lowest BCUT2D eigenvalue weighted by atomic mass is 9.96. The van der Waals surface area contributed by atoms with Crippen LogP contribution in [0.1, 0.15) is 38.8 Å². The van der Waals surface area contributed by atoms with Crippen molar-refractivity contribution in [2.75, 3.05) is 18.0 Å². The second-order valence-electron chi connectivity index (χ2n) is 11.6. The van der Waals surface area contributed by atoms with Crippen molar-refractivity contribution in [1.29, 1.82) is 5.26 Å². The van der Waals surface area contributed by atoms with Gasteiger partial charge in [-0.1, -0.05) is 6.07 Å². The fourth-order valence-electron chi connectivity index (χ4n) is 6.42. The number of rotatable bonds is 4. The number of amides is 1. The number of aromatic nitrogens is 5. The Morgan fingerprint density at radius 2 is 1.90 bits per heavy atom. The van der Waals surface area contributed by atoms with Crippen molar-refractivity contribution in [3.63, 3.8) is 0 Å². The Kier molecular flexibility index (Phi) is 5.43. The first-order chi connectivity index (χ1) is 19.3. The third kappa shape index (κ3) is 3.83. The first-order valence-corrected chi connectivity index (χ1v) is 13.7. The van der Waals surface area contributed by atoms with Crippen LogP contribution in [0.15, 0.2) is 43.0 Å². The Balaban J connectivity index is 1.34. The number of benzene rings is 1. The van der Waals surface area contributed by atoms with Crippen molar-refractivity contribution in [2.45, 2.75) is 45.2 Å². The number of fused-ring (bicyclic) bond motifs is 1. The number of nitrogens with zero attached hydrogens (tertiary/aromatic N) is 8. The molecule has 4 aromatic rings. The molecule has 4 heterocycles. The highest BCUT2D eigenvalue weighted by molar-refractivity contribution is 6.07. The quantitative estimate of drug-likeness (QED) is 0.382. The molecule has 40 heavy (non-hydrogen) atoms. The van der Waals surface area contributed by atoms with Crippen LogP contribution in [-0.2, 0) is 11.8 Å². The summed E-state index contributed by atoms with van der Waals surface area (Å²) in [4.78, 5) is 31.2. The van der Waals surface area contributed by atoms with Crippen LogP contribution in [-0.4, -0.2) is 60.7 Å². The molecule has 3 fully saturated rings. The maximum atomic E-state index is 14.3. The molecule has 1 amide bonds. The summed E-state index contributed by atoms with van der Waals surface area (Å²) in [6, 6.07) is 9.19. The number of carbonyl (C=O) groups excluding carboxylic acids is 1. The Morgan fingerprint density at radius 3 is 2.60 bits per heavy atom. The monoisotopic (exact) mass is 536 g/mol. The fourth-order valence-corrected chi connectivity index (χ4v) is 6.42. The second-order valence-corrected chi connectivity index (χ2v) is 11.6. The van der Waals surface area contributed by atoms with Gasteiger partial charge in [-0.2, -0.15) is 10.4 Å². The van der Waals surface area contributed by atoms with Gasteiger partial charge in [-0.3, -0.25) is 14.5 Å². The number of hydrogen-bond acceptors (Lipinski definition) is 7. The summed E-state index contributed by atoms with van der Waals surface area (Å²) in [5, 5.41) is 14.8. The molecular weight excluding hydrogens is 507 g/mol. The molecule has 0 unspecified atom stereocenters. The zero-order valence-electron chi connectivity index (χ0n) is 22.7. The third-order valence-electron chi connectivity index (χ3n) is 8.98. The van der Waals surface area contributed by atoms with Crippen LogP contribution in [0.25, 0.3) is 33.3 Å². The van der Waals surface area contributed by atoms with Gasteiger partial charge < -0.3 is 9.80 Å². The van der Waals surface area contributed by atoms with E-state index in [1.54, 1.807) is 30.3 Å². The van der Waals surface area contributed by atoms with Crippen molar-refractivity contribution < 1.29 is 9.18 Å². The van der Waals surface area contributed by atoms with Gasteiger partial charge in [0.05, 0.1) is 22.8 Å². The number of pyridine rings is 1. The van der Waals surface area contributed by atoms with E-state index in [2.05, 4.69) is 44.8 Å². The van der Waals surface area contributed by atoms with Gasteiger partial charge in [0.1, 0.15) is 29.7 Å². The number of piperazine rings is 1. The van der Waals surface area contributed by atoms with Crippen LogP contribution in [0.3, 0.4) is 0 Å². The average molecular weight is 537 g/mol. The minimum absolute atomic E-state index is 0.00864. The number of hydrogen-bond donors (Lipinski definition) is 0. The largest absolute Gasteiger partial charge is 0.349 e. The average Bonchev–Trinajstić information content (AvgIpc) is 3.86. The minimum atomic E-state index is -0.431. The lowest BCUT2D eigenvalue weighted by molar-refractivity contribution is -0.136. The molecule has 0 radical (unpaired) electrons. The van der Waals surface area contributed by atoms with Gasteiger partial charge in [-0.05, 0) is 56.2 Å². The van der Waals surface area contributed by atoms with Gasteiger partial charge in [0.2, 0.25) is 5.91 Å². The van der Waals surface area contributed by atoms with Crippen molar-refractivity contribution >= 4 is 22.6 Å². The minimum Gasteiger partial charge on any atom is -0.349 e. The zero-order chi connectivity index (χ0) is 27.8. The Morgan fingerprint density at radius 1 is 1.10 bits per heavy atom. The van der Waals surface area contributed by atoms with Gasteiger partial charge in [0, 0.05) is 61.5 Å². The topological polar surface area (TPSA) is 104 Å². The molecule has 0 bridgehead atoms. The molecule has 202 valence electrons. The summed E-state index contributed by atoms with van der Waals surface area (Å²) in [7, 11) is 1.73. The van der Waals surface area contributed by atoms with Crippen LogP contribution in [0.5, 0.6) is 0 Å². The van der Waals surface area contributed by atoms with Crippen molar-refractivity contribution in [3.05, 3.63) is 54.5 Å². The Labute approximate surface area is 231 Å². The summed E-state index contributed by atoms with van der Waals surface area (Å²) >= 11 is 0. The van der Waals surface area contributed by atoms with Crippen LogP contribution < -0.4 is 4.90 Å². The molecule has 1 saturated heterocycles. The molecule has 7 rings (SSSR count). The van der Waals surface area contributed by atoms with Gasteiger partial charge in [-0.25, -0.2) is 14.4 Å². The first kappa shape index (κ1) is 24.6. The summed E-state index contributed by atoms with van der Waals surface area (Å²) in [5.41, 5.74) is 4.15. The molecule has 2 aliphatic carbocycles. The number of carbonyl (C=O) groups is 1. The number of nitriles is 1. The summed E-state index contributed by atoms with van der Waals surface area (Å²) in [6.45, 7) is 5.44. The number of aryl methyl sites for hydroxylation is 1. The summed E-state index contributed by atoms with van der Waals surface area (Å²) in [6.07, 6.45) is 7.77. The number of anilines is 1. The third-order valence-corrected chi connectivity index (χ3v) is 8.98. The first-order valence-electron chi connectivity index (χ1n) is 13.7. The molecule has 10 heteroatoms. The highest BCUT2D eigenvalue weighted by Crippen LogP contribution is 2.71. The van der Waals surface area contributed by atoms with Gasteiger partial charge in [0.25, 0.3) is 0 Å². The fraction of sp³-hybridized carbons (Fsp3) is 0.400. The lowest BCUT2D eigenvalue weighted by Crippen LogP contribution is -2.59.